The molecule has 0 spiro atoms. The average Bonchev–Trinajstić information content (AvgIpc) is 3.05. The largest absolute Gasteiger partial charge is 0.379 e. The van der Waals surface area contributed by atoms with Crippen molar-refractivity contribution in [1.82, 2.24) is 9.62 Å². The monoisotopic (exact) mass is 395 g/mol. The predicted molar refractivity (Wildman–Crippen MR) is 100.0 cm³/mol. The third kappa shape index (κ3) is 3.85. The highest BCUT2D eigenvalue weighted by atomic mass is 32.2. The molecule has 1 aromatic carbocycles. The van der Waals surface area contributed by atoms with Crippen molar-refractivity contribution in [3.05, 3.63) is 23.8 Å². The van der Waals surface area contributed by atoms with Crippen molar-refractivity contribution >= 4 is 27.5 Å². The second kappa shape index (κ2) is 7.95. The predicted octanol–water partition coefficient (Wildman–Crippen LogP) is 0.511. The fourth-order valence-corrected chi connectivity index (χ4v) is 4.95. The number of fused-ring (bicyclic) bond motifs is 1. The number of sulfonamides is 1. The summed E-state index contributed by atoms with van der Waals surface area (Å²) in [5.41, 5.74) is 1.29. The second-order valence-electron chi connectivity index (χ2n) is 6.71. The molecule has 0 radical (unpaired) electrons. The van der Waals surface area contributed by atoms with Crippen LogP contribution in [0, 0.1) is 0 Å². The molecule has 3 rings (SSSR count). The summed E-state index contributed by atoms with van der Waals surface area (Å²) in [4.78, 5) is 26.2. The Morgan fingerprint density at radius 3 is 2.59 bits per heavy atom. The van der Waals surface area contributed by atoms with Gasteiger partial charge < -0.3 is 10.1 Å². The average molecular weight is 395 g/mol. The van der Waals surface area contributed by atoms with E-state index in [4.69, 9.17) is 4.74 Å². The number of amides is 2. The zero-order valence-electron chi connectivity index (χ0n) is 15.6. The molecule has 2 amide bonds. The van der Waals surface area contributed by atoms with Gasteiger partial charge in [-0.25, -0.2) is 8.42 Å². The van der Waals surface area contributed by atoms with Crippen LogP contribution < -0.4 is 10.2 Å². The van der Waals surface area contributed by atoms with E-state index >= 15 is 0 Å². The Bertz CT molecular complexity index is 833. The summed E-state index contributed by atoms with van der Waals surface area (Å²) in [7, 11) is -3.62. The van der Waals surface area contributed by atoms with Gasteiger partial charge in [0.15, 0.2) is 0 Å². The molecule has 2 aliphatic rings. The number of hydrogen-bond donors (Lipinski definition) is 1. The van der Waals surface area contributed by atoms with Crippen molar-refractivity contribution in [2.75, 3.05) is 37.7 Å². The van der Waals surface area contributed by atoms with Gasteiger partial charge in [0, 0.05) is 38.7 Å². The number of rotatable bonds is 5. The van der Waals surface area contributed by atoms with Crippen molar-refractivity contribution in [2.24, 2.45) is 0 Å². The molecule has 2 heterocycles. The number of nitrogens with one attached hydrogen (secondary N) is 1. The quantitative estimate of drug-likeness (QED) is 0.784. The number of nitrogens with zero attached hydrogens (tertiary/aromatic N) is 2. The van der Waals surface area contributed by atoms with E-state index in [-0.39, 0.29) is 16.7 Å². The van der Waals surface area contributed by atoms with Gasteiger partial charge in [0.2, 0.25) is 21.8 Å². The van der Waals surface area contributed by atoms with Crippen LogP contribution in [-0.2, 0) is 30.8 Å². The molecule has 0 saturated carbocycles. The molecule has 27 heavy (non-hydrogen) atoms. The maximum Gasteiger partial charge on any atom is 0.243 e. The fraction of sp³-hybridized carbons (Fsp3) is 0.556. The van der Waals surface area contributed by atoms with E-state index in [0.29, 0.717) is 50.5 Å². The molecule has 1 atom stereocenters. The first-order chi connectivity index (χ1) is 12.9. The van der Waals surface area contributed by atoms with Gasteiger partial charge in [0.25, 0.3) is 0 Å². The highest BCUT2D eigenvalue weighted by molar-refractivity contribution is 7.89. The van der Waals surface area contributed by atoms with E-state index in [0.717, 1.165) is 6.42 Å². The first-order valence-corrected chi connectivity index (χ1v) is 10.6. The summed E-state index contributed by atoms with van der Waals surface area (Å²) in [6.45, 7) is 5.29. The lowest BCUT2D eigenvalue weighted by Crippen LogP contribution is -2.47. The van der Waals surface area contributed by atoms with Gasteiger partial charge >= 0.3 is 0 Å². The Morgan fingerprint density at radius 1 is 1.26 bits per heavy atom. The number of hydrogen-bond acceptors (Lipinski definition) is 5. The van der Waals surface area contributed by atoms with Crippen LogP contribution in [0.3, 0.4) is 0 Å². The molecule has 2 aliphatic heterocycles. The number of carbonyl (C=O) groups is 2. The van der Waals surface area contributed by atoms with Gasteiger partial charge in [0.05, 0.1) is 18.1 Å². The van der Waals surface area contributed by atoms with E-state index < -0.39 is 16.1 Å². The highest BCUT2D eigenvalue weighted by Crippen LogP contribution is 2.35. The van der Waals surface area contributed by atoms with E-state index in [1.807, 2.05) is 6.92 Å². The van der Waals surface area contributed by atoms with Crippen molar-refractivity contribution in [3.8, 4) is 0 Å². The van der Waals surface area contributed by atoms with Gasteiger partial charge in [-0.2, -0.15) is 4.31 Å². The van der Waals surface area contributed by atoms with E-state index in [2.05, 4.69) is 5.32 Å². The maximum absolute atomic E-state index is 12.9. The van der Waals surface area contributed by atoms with E-state index in [1.54, 1.807) is 12.1 Å². The Kier molecular flexibility index (Phi) is 5.83. The van der Waals surface area contributed by atoms with Gasteiger partial charge in [-0.15, -0.1) is 0 Å². The SMILES string of the molecule is CCCNC(=O)C1Cc2cc(S(=O)(=O)N3CCOCC3)ccc2N1C(C)=O. The maximum atomic E-state index is 12.9. The standard InChI is InChI=1S/C18H25N3O5S/c1-3-6-19-18(23)17-12-14-11-15(4-5-16(14)21(17)13(2)22)27(24,25)20-7-9-26-10-8-20/h4-5,11,17H,3,6-10,12H2,1-2H3,(H,19,23). The second-order valence-corrected chi connectivity index (χ2v) is 8.64. The molecule has 9 heteroatoms. The summed E-state index contributed by atoms with van der Waals surface area (Å²) in [6, 6.07) is 4.07. The van der Waals surface area contributed by atoms with Crippen LogP contribution in [-0.4, -0.2) is 63.4 Å². The number of morpholine rings is 1. The molecule has 1 aromatic rings. The minimum Gasteiger partial charge on any atom is -0.379 e. The molecule has 0 bridgehead atoms. The highest BCUT2D eigenvalue weighted by Gasteiger charge is 2.38. The summed E-state index contributed by atoms with van der Waals surface area (Å²) in [5.74, 6) is -0.463. The smallest absolute Gasteiger partial charge is 0.243 e. The number of anilines is 1. The van der Waals surface area contributed by atoms with Crippen LogP contribution in [0.5, 0.6) is 0 Å². The molecule has 1 saturated heterocycles. The number of ether oxygens (including phenoxy) is 1. The van der Waals surface area contributed by atoms with Crippen molar-refractivity contribution in [1.29, 1.82) is 0 Å². The lowest BCUT2D eigenvalue weighted by atomic mass is 10.1. The first kappa shape index (κ1) is 19.8. The third-order valence-electron chi connectivity index (χ3n) is 4.83. The molecule has 0 aromatic heterocycles. The Morgan fingerprint density at radius 2 is 1.96 bits per heavy atom. The molecule has 148 valence electrons. The molecular formula is C18H25N3O5S. The van der Waals surface area contributed by atoms with Crippen LogP contribution in [0.1, 0.15) is 25.8 Å². The van der Waals surface area contributed by atoms with E-state index in [1.165, 1.54) is 22.2 Å². The summed E-state index contributed by atoms with van der Waals surface area (Å²) < 4.78 is 32.4. The lowest BCUT2D eigenvalue weighted by molar-refractivity contribution is -0.125. The third-order valence-corrected chi connectivity index (χ3v) is 6.73. The molecule has 0 aliphatic carbocycles. The van der Waals surface area contributed by atoms with Crippen molar-refractivity contribution < 1.29 is 22.7 Å². The molecular weight excluding hydrogens is 370 g/mol. The van der Waals surface area contributed by atoms with Crippen LogP contribution in [0.25, 0.3) is 0 Å². The van der Waals surface area contributed by atoms with Gasteiger partial charge in [-0.1, -0.05) is 6.92 Å². The van der Waals surface area contributed by atoms with Crippen molar-refractivity contribution in [2.45, 2.75) is 37.6 Å². The Hall–Kier alpha value is -1.97. The minimum absolute atomic E-state index is 0.182. The molecule has 1 fully saturated rings. The molecule has 1 unspecified atom stereocenters. The van der Waals surface area contributed by atoms with E-state index in [9.17, 15) is 18.0 Å². The van der Waals surface area contributed by atoms with Crippen LogP contribution in [0.2, 0.25) is 0 Å². The Labute approximate surface area is 159 Å². The van der Waals surface area contributed by atoms with Crippen LogP contribution in [0.15, 0.2) is 23.1 Å². The Balaban J connectivity index is 1.90. The van der Waals surface area contributed by atoms with Crippen molar-refractivity contribution in [3.63, 3.8) is 0 Å². The first-order valence-electron chi connectivity index (χ1n) is 9.14. The van der Waals surface area contributed by atoms with Crippen LogP contribution >= 0.6 is 0 Å². The summed E-state index contributed by atoms with van der Waals surface area (Å²) >= 11 is 0. The van der Waals surface area contributed by atoms with Gasteiger partial charge in [-0.05, 0) is 30.2 Å². The minimum atomic E-state index is -3.62. The summed E-state index contributed by atoms with van der Waals surface area (Å²) in [5, 5.41) is 2.82. The number of benzene rings is 1. The molecule has 8 nitrogen and oxygen atoms in total. The summed E-state index contributed by atoms with van der Waals surface area (Å²) in [6.07, 6.45) is 1.10. The zero-order chi connectivity index (χ0) is 19.6. The number of carbonyl (C=O) groups excluding carboxylic acids is 2. The lowest BCUT2D eigenvalue weighted by Gasteiger charge is -2.26. The van der Waals surface area contributed by atoms with Crippen LogP contribution in [0.4, 0.5) is 5.69 Å². The fourth-order valence-electron chi connectivity index (χ4n) is 3.49. The normalized spacial score (nSPS) is 20.4. The zero-order valence-corrected chi connectivity index (χ0v) is 16.4. The topological polar surface area (TPSA) is 96.0 Å². The van der Waals surface area contributed by atoms with Gasteiger partial charge in [0.1, 0.15) is 6.04 Å². The van der Waals surface area contributed by atoms with Gasteiger partial charge in [-0.3, -0.25) is 14.5 Å². The molecule has 1 N–H and O–H groups in total.